The summed E-state index contributed by atoms with van der Waals surface area (Å²) < 4.78 is 0. The van der Waals surface area contributed by atoms with Crippen LogP contribution in [0.2, 0.25) is 10.0 Å². The Labute approximate surface area is 121 Å². The monoisotopic (exact) mass is 294 g/mol. The second kappa shape index (κ2) is 5.95. The molecule has 0 aliphatic rings. The zero-order valence-corrected chi connectivity index (χ0v) is 11.5. The molecule has 0 saturated heterocycles. The third-order valence-corrected chi connectivity index (χ3v) is 3.07. The minimum absolute atomic E-state index is 0.264. The molecule has 0 spiro atoms. The molecule has 1 amide bonds. The molecule has 0 fully saturated rings. The molecule has 5 heteroatoms. The van der Waals surface area contributed by atoms with Gasteiger partial charge in [-0.1, -0.05) is 35.3 Å². The Bertz CT molecular complexity index is 614. The third-order valence-electron chi connectivity index (χ3n) is 2.60. The maximum Gasteiger partial charge on any atom is 0.253 e. The largest absolute Gasteiger partial charge is 0.398 e. The molecule has 2 aromatic carbocycles. The lowest BCUT2D eigenvalue weighted by molar-refractivity contribution is 0.0952. The van der Waals surface area contributed by atoms with Gasteiger partial charge in [-0.25, -0.2) is 0 Å². The predicted octanol–water partition coefficient (Wildman–Crippen LogP) is 3.51. The average molecular weight is 295 g/mol. The Morgan fingerprint density at radius 3 is 2.58 bits per heavy atom. The molecule has 0 unspecified atom stereocenters. The van der Waals surface area contributed by atoms with Crippen molar-refractivity contribution in [1.82, 2.24) is 5.32 Å². The topological polar surface area (TPSA) is 55.1 Å². The van der Waals surface area contributed by atoms with Gasteiger partial charge in [0, 0.05) is 22.3 Å². The van der Waals surface area contributed by atoms with Gasteiger partial charge in [-0.15, -0.1) is 0 Å². The van der Waals surface area contributed by atoms with E-state index in [1.807, 2.05) is 12.1 Å². The number of amides is 1. The number of hydrogen-bond acceptors (Lipinski definition) is 2. The van der Waals surface area contributed by atoms with E-state index in [4.69, 9.17) is 28.9 Å². The van der Waals surface area contributed by atoms with Gasteiger partial charge in [-0.05, 0) is 35.9 Å². The van der Waals surface area contributed by atoms with Crippen molar-refractivity contribution in [1.29, 1.82) is 0 Å². The van der Waals surface area contributed by atoms with Crippen LogP contribution < -0.4 is 11.1 Å². The highest BCUT2D eigenvalue weighted by Gasteiger charge is 2.09. The van der Waals surface area contributed by atoms with E-state index in [2.05, 4.69) is 5.32 Å². The zero-order valence-electron chi connectivity index (χ0n) is 9.99. The molecule has 0 radical (unpaired) electrons. The molecule has 98 valence electrons. The maximum atomic E-state index is 12.0. The number of halogens is 2. The van der Waals surface area contributed by atoms with E-state index >= 15 is 0 Å². The summed E-state index contributed by atoms with van der Waals surface area (Å²) in [5, 5.41) is 3.88. The van der Waals surface area contributed by atoms with Gasteiger partial charge in [-0.2, -0.15) is 0 Å². The lowest BCUT2D eigenvalue weighted by Gasteiger charge is -2.08. The van der Waals surface area contributed by atoms with Gasteiger partial charge < -0.3 is 11.1 Å². The highest BCUT2D eigenvalue weighted by molar-refractivity contribution is 6.31. The van der Waals surface area contributed by atoms with Crippen molar-refractivity contribution >= 4 is 34.8 Å². The molecule has 0 heterocycles. The first kappa shape index (κ1) is 13.7. The summed E-state index contributed by atoms with van der Waals surface area (Å²) in [6.07, 6.45) is 0. The Balaban J connectivity index is 2.07. The molecule has 0 atom stereocenters. The molecule has 0 bridgehead atoms. The number of carbonyl (C=O) groups is 1. The quantitative estimate of drug-likeness (QED) is 0.851. The number of rotatable bonds is 3. The van der Waals surface area contributed by atoms with E-state index in [0.717, 1.165) is 5.56 Å². The number of benzene rings is 2. The third kappa shape index (κ3) is 3.63. The van der Waals surface area contributed by atoms with E-state index in [1.54, 1.807) is 30.3 Å². The van der Waals surface area contributed by atoms with Crippen LogP contribution in [-0.4, -0.2) is 5.91 Å². The van der Waals surface area contributed by atoms with Crippen molar-refractivity contribution in [3.05, 3.63) is 63.6 Å². The summed E-state index contributed by atoms with van der Waals surface area (Å²) in [6.45, 7) is 0.380. The van der Waals surface area contributed by atoms with Crippen LogP contribution in [0, 0.1) is 0 Å². The molecule has 2 aromatic rings. The first-order valence-corrected chi connectivity index (χ1v) is 6.39. The van der Waals surface area contributed by atoms with Crippen molar-refractivity contribution in [3.63, 3.8) is 0 Å². The number of carbonyl (C=O) groups excluding carboxylic acids is 1. The van der Waals surface area contributed by atoms with Crippen LogP contribution in [0.4, 0.5) is 5.69 Å². The smallest absolute Gasteiger partial charge is 0.253 e. The molecule has 0 aliphatic heterocycles. The standard InChI is InChI=1S/C14H12Cl2N2O/c15-10-3-1-2-9(6-10)8-18-14(19)12-7-11(16)4-5-13(12)17/h1-7H,8,17H2,(H,18,19). The highest BCUT2D eigenvalue weighted by atomic mass is 35.5. The first-order valence-electron chi connectivity index (χ1n) is 5.64. The van der Waals surface area contributed by atoms with Gasteiger partial charge in [0.1, 0.15) is 0 Å². The molecule has 3 N–H and O–H groups in total. The summed E-state index contributed by atoms with van der Waals surface area (Å²) >= 11 is 11.7. The summed E-state index contributed by atoms with van der Waals surface area (Å²) in [5.74, 6) is -0.264. The SMILES string of the molecule is Nc1ccc(Cl)cc1C(=O)NCc1cccc(Cl)c1. The Morgan fingerprint density at radius 2 is 1.84 bits per heavy atom. The fourth-order valence-corrected chi connectivity index (χ4v) is 2.03. The van der Waals surface area contributed by atoms with Gasteiger partial charge in [0.05, 0.1) is 5.56 Å². The Morgan fingerprint density at radius 1 is 1.11 bits per heavy atom. The van der Waals surface area contributed by atoms with Crippen molar-refractivity contribution in [2.75, 3.05) is 5.73 Å². The van der Waals surface area contributed by atoms with E-state index in [-0.39, 0.29) is 5.91 Å². The molecular weight excluding hydrogens is 283 g/mol. The number of nitrogens with one attached hydrogen (secondary N) is 1. The van der Waals surface area contributed by atoms with Crippen molar-refractivity contribution in [3.8, 4) is 0 Å². The number of anilines is 1. The molecule has 0 aliphatic carbocycles. The molecule has 0 saturated carbocycles. The number of nitrogen functional groups attached to an aromatic ring is 1. The average Bonchev–Trinajstić information content (AvgIpc) is 2.39. The fraction of sp³-hybridized carbons (Fsp3) is 0.0714. The molecule has 19 heavy (non-hydrogen) atoms. The minimum atomic E-state index is -0.264. The molecular formula is C14H12Cl2N2O. The van der Waals surface area contributed by atoms with Crippen molar-refractivity contribution in [2.45, 2.75) is 6.54 Å². The zero-order chi connectivity index (χ0) is 13.8. The maximum absolute atomic E-state index is 12.0. The second-order valence-corrected chi connectivity index (χ2v) is 4.92. The molecule has 0 aromatic heterocycles. The van der Waals surface area contributed by atoms with Crippen LogP contribution in [-0.2, 0) is 6.54 Å². The number of hydrogen-bond donors (Lipinski definition) is 2. The van der Waals surface area contributed by atoms with Gasteiger partial charge >= 0.3 is 0 Å². The summed E-state index contributed by atoms with van der Waals surface area (Å²) in [6, 6.07) is 12.1. The fourth-order valence-electron chi connectivity index (χ4n) is 1.65. The lowest BCUT2D eigenvalue weighted by atomic mass is 10.1. The van der Waals surface area contributed by atoms with Crippen molar-refractivity contribution < 1.29 is 4.79 Å². The normalized spacial score (nSPS) is 10.2. The van der Waals surface area contributed by atoms with Crippen LogP contribution in [0.1, 0.15) is 15.9 Å². The first-order chi connectivity index (χ1) is 9.06. The van der Waals surface area contributed by atoms with E-state index < -0.39 is 0 Å². The molecule has 2 rings (SSSR count). The lowest BCUT2D eigenvalue weighted by Crippen LogP contribution is -2.23. The van der Waals surface area contributed by atoms with E-state index in [9.17, 15) is 4.79 Å². The van der Waals surface area contributed by atoms with Crippen molar-refractivity contribution in [2.24, 2.45) is 0 Å². The van der Waals surface area contributed by atoms with Gasteiger partial charge in [0.25, 0.3) is 5.91 Å². The van der Waals surface area contributed by atoms with Crippen LogP contribution in [0.15, 0.2) is 42.5 Å². The second-order valence-electron chi connectivity index (χ2n) is 4.04. The summed E-state index contributed by atoms with van der Waals surface area (Å²) in [7, 11) is 0. The van der Waals surface area contributed by atoms with Crippen LogP contribution in [0.3, 0.4) is 0 Å². The predicted molar refractivity (Wildman–Crippen MR) is 78.5 cm³/mol. The Hall–Kier alpha value is -1.71. The minimum Gasteiger partial charge on any atom is -0.398 e. The Kier molecular flexibility index (Phi) is 4.30. The van der Waals surface area contributed by atoms with Gasteiger partial charge in [0.2, 0.25) is 0 Å². The van der Waals surface area contributed by atoms with E-state index in [1.165, 1.54) is 0 Å². The van der Waals surface area contributed by atoms with E-state index in [0.29, 0.717) is 27.8 Å². The molecule has 3 nitrogen and oxygen atoms in total. The highest BCUT2D eigenvalue weighted by Crippen LogP contribution is 2.18. The van der Waals surface area contributed by atoms with Crippen LogP contribution in [0.5, 0.6) is 0 Å². The van der Waals surface area contributed by atoms with Crippen LogP contribution in [0.25, 0.3) is 0 Å². The summed E-state index contributed by atoms with van der Waals surface area (Å²) in [4.78, 5) is 12.0. The van der Waals surface area contributed by atoms with Gasteiger partial charge in [-0.3, -0.25) is 4.79 Å². The van der Waals surface area contributed by atoms with Crippen LogP contribution >= 0.6 is 23.2 Å². The summed E-state index contributed by atoms with van der Waals surface area (Å²) in [5.41, 5.74) is 7.43. The van der Waals surface area contributed by atoms with Gasteiger partial charge in [0.15, 0.2) is 0 Å². The number of nitrogens with two attached hydrogens (primary N) is 1.